The Balaban J connectivity index is 1.54. The van der Waals surface area contributed by atoms with Crippen LogP contribution < -0.4 is 10.7 Å². The van der Waals surface area contributed by atoms with Gasteiger partial charge in [-0.25, -0.2) is 5.43 Å². The Morgan fingerprint density at radius 3 is 2.41 bits per heavy atom. The molecule has 6 heteroatoms. The van der Waals surface area contributed by atoms with E-state index in [4.69, 9.17) is 0 Å². The molecule has 0 radical (unpaired) electrons. The van der Waals surface area contributed by atoms with E-state index < -0.39 is 0 Å². The van der Waals surface area contributed by atoms with Gasteiger partial charge in [0, 0.05) is 22.7 Å². The average Bonchev–Trinajstić information content (AvgIpc) is 2.70. The summed E-state index contributed by atoms with van der Waals surface area (Å²) < 4.78 is 0. The van der Waals surface area contributed by atoms with Gasteiger partial charge in [0.1, 0.15) is 5.75 Å². The molecule has 1 fully saturated rings. The van der Waals surface area contributed by atoms with Crippen molar-refractivity contribution in [1.29, 1.82) is 0 Å². The highest BCUT2D eigenvalue weighted by molar-refractivity contribution is 5.96. The first kappa shape index (κ1) is 18.6. The lowest BCUT2D eigenvalue weighted by Gasteiger charge is -2.20. The highest BCUT2D eigenvalue weighted by Gasteiger charge is 2.21. The first-order valence-electron chi connectivity index (χ1n) is 9.16. The average molecular weight is 365 g/mol. The molecule has 2 aromatic carbocycles. The normalized spacial score (nSPS) is 14.8. The van der Waals surface area contributed by atoms with E-state index in [1.54, 1.807) is 48.5 Å². The van der Waals surface area contributed by atoms with Crippen LogP contribution in [0.5, 0.6) is 5.75 Å². The van der Waals surface area contributed by atoms with E-state index in [0.29, 0.717) is 16.8 Å². The summed E-state index contributed by atoms with van der Waals surface area (Å²) in [6.45, 7) is 0. The molecule has 3 rings (SSSR count). The van der Waals surface area contributed by atoms with Crippen LogP contribution in [0.1, 0.15) is 48.0 Å². The van der Waals surface area contributed by atoms with Gasteiger partial charge >= 0.3 is 0 Å². The molecule has 0 aliphatic heterocycles. The summed E-state index contributed by atoms with van der Waals surface area (Å²) in [5.74, 6) is -0.134. The van der Waals surface area contributed by atoms with Crippen molar-refractivity contribution in [3.63, 3.8) is 0 Å². The molecule has 0 saturated heterocycles. The summed E-state index contributed by atoms with van der Waals surface area (Å²) >= 11 is 0. The second kappa shape index (κ2) is 8.98. The third-order valence-corrected chi connectivity index (χ3v) is 4.70. The number of phenolic OH excluding ortho intramolecular Hbond substituents is 1. The van der Waals surface area contributed by atoms with Crippen molar-refractivity contribution >= 4 is 23.7 Å². The fourth-order valence-electron chi connectivity index (χ4n) is 3.14. The predicted octanol–water partition coefficient (Wildman–Crippen LogP) is 3.67. The maximum absolute atomic E-state index is 12.3. The number of amides is 2. The van der Waals surface area contributed by atoms with Gasteiger partial charge in [0.15, 0.2) is 0 Å². The molecule has 2 aromatic rings. The first-order valence-corrected chi connectivity index (χ1v) is 9.16. The lowest BCUT2D eigenvalue weighted by atomic mass is 9.88. The van der Waals surface area contributed by atoms with Gasteiger partial charge in [-0.1, -0.05) is 31.4 Å². The maximum Gasteiger partial charge on any atom is 0.271 e. The van der Waals surface area contributed by atoms with Crippen LogP contribution in [0.4, 0.5) is 5.69 Å². The monoisotopic (exact) mass is 365 g/mol. The minimum Gasteiger partial charge on any atom is -0.507 e. The number of carbonyl (C=O) groups excluding carboxylic acids is 2. The largest absolute Gasteiger partial charge is 0.507 e. The number of hydrogen-bond acceptors (Lipinski definition) is 4. The zero-order valence-electron chi connectivity index (χ0n) is 15.0. The van der Waals surface area contributed by atoms with E-state index >= 15 is 0 Å². The molecule has 0 unspecified atom stereocenters. The van der Waals surface area contributed by atoms with E-state index in [1.165, 1.54) is 12.6 Å². The fourth-order valence-corrected chi connectivity index (χ4v) is 3.14. The smallest absolute Gasteiger partial charge is 0.271 e. The summed E-state index contributed by atoms with van der Waals surface area (Å²) in [6.07, 6.45) is 6.70. The number of nitrogens with one attached hydrogen (secondary N) is 2. The number of aromatic hydroxyl groups is 1. The minimum atomic E-state index is -0.369. The molecular formula is C21H23N3O3. The van der Waals surface area contributed by atoms with Crippen LogP contribution in [0.2, 0.25) is 0 Å². The number of para-hydroxylation sites is 1. The predicted molar refractivity (Wildman–Crippen MR) is 105 cm³/mol. The van der Waals surface area contributed by atoms with Crippen LogP contribution in [-0.4, -0.2) is 23.1 Å². The summed E-state index contributed by atoms with van der Waals surface area (Å²) in [4.78, 5) is 24.4. The van der Waals surface area contributed by atoms with Crippen LogP contribution in [0.25, 0.3) is 0 Å². The van der Waals surface area contributed by atoms with E-state index in [2.05, 4.69) is 15.8 Å². The number of carbonyl (C=O) groups is 2. The van der Waals surface area contributed by atoms with Crippen LogP contribution in [0.3, 0.4) is 0 Å². The molecule has 27 heavy (non-hydrogen) atoms. The first-order chi connectivity index (χ1) is 13.1. The van der Waals surface area contributed by atoms with Crippen molar-refractivity contribution in [2.24, 2.45) is 11.0 Å². The van der Waals surface area contributed by atoms with Gasteiger partial charge in [0.2, 0.25) is 5.91 Å². The van der Waals surface area contributed by atoms with Crippen molar-refractivity contribution in [2.75, 3.05) is 5.32 Å². The number of nitrogens with zero attached hydrogens (tertiary/aromatic N) is 1. The Kier molecular flexibility index (Phi) is 6.20. The number of hydrogen-bond donors (Lipinski definition) is 3. The summed E-state index contributed by atoms with van der Waals surface area (Å²) in [5.41, 5.74) is 4.04. The SMILES string of the molecule is O=C(N/N=C\c1ccccc1O)c1ccc(NC(=O)C2CCCCC2)cc1. The lowest BCUT2D eigenvalue weighted by molar-refractivity contribution is -0.120. The zero-order chi connectivity index (χ0) is 19.1. The minimum absolute atomic E-state index is 0.0548. The van der Waals surface area contributed by atoms with Crippen molar-refractivity contribution in [3.8, 4) is 5.75 Å². The Morgan fingerprint density at radius 2 is 1.70 bits per heavy atom. The van der Waals surface area contributed by atoms with Crippen molar-refractivity contribution in [1.82, 2.24) is 5.43 Å². The molecular weight excluding hydrogens is 342 g/mol. The molecule has 1 saturated carbocycles. The van der Waals surface area contributed by atoms with E-state index in [-0.39, 0.29) is 23.5 Å². The van der Waals surface area contributed by atoms with Crippen LogP contribution in [0.15, 0.2) is 53.6 Å². The van der Waals surface area contributed by atoms with Crippen molar-refractivity contribution < 1.29 is 14.7 Å². The number of anilines is 1. The molecule has 0 spiro atoms. The van der Waals surface area contributed by atoms with Gasteiger partial charge in [-0.2, -0.15) is 5.10 Å². The Hall–Kier alpha value is -3.15. The molecule has 0 bridgehead atoms. The third-order valence-electron chi connectivity index (χ3n) is 4.70. The standard InChI is InChI=1S/C21H23N3O3/c25-19-9-5-4-8-17(19)14-22-24-21(27)16-10-12-18(13-11-16)23-20(26)15-6-2-1-3-7-15/h4-5,8-15,25H,1-3,6-7H2,(H,23,26)(H,24,27)/b22-14-. The summed E-state index contributed by atoms with van der Waals surface area (Å²) in [7, 11) is 0. The van der Waals surface area contributed by atoms with Gasteiger partial charge in [-0.3, -0.25) is 9.59 Å². The molecule has 1 aliphatic carbocycles. The number of benzene rings is 2. The number of rotatable bonds is 5. The highest BCUT2D eigenvalue weighted by atomic mass is 16.3. The molecule has 0 aromatic heterocycles. The van der Waals surface area contributed by atoms with Gasteiger partial charge < -0.3 is 10.4 Å². The Morgan fingerprint density at radius 1 is 1.00 bits per heavy atom. The summed E-state index contributed by atoms with van der Waals surface area (Å²) in [6, 6.07) is 13.4. The summed E-state index contributed by atoms with van der Waals surface area (Å²) in [5, 5.41) is 16.4. The zero-order valence-corrected chi connectivity index (χ0v) is 15.0. The molecule has 1 aliphatic rings. The van der Waals surface area contributed by atoms with Gasteiger partial charge in [-0.05, 0) is 49.2 Å². The van der Waals surface area contributed by atoms with Crippen molar-refractivity contribution in [3.05, 3.63) is 59.7 Å². The number of phenols is 1. The van der Waals surface area contributed by atoms with Gasteiger partial charge in [0.05, 0.1) is 6.21 Å². The number of hydrazone groups is 1. The quantitative estimate of drug-likeness (QED) is 0.558. The van der Waals surface area contributed by atoms with E-state index in [9.17, 15) is 14.7 Å². The molecule has 0 heterocycles. The third kappa shape index (κ3) is 5.17. The second-order valence-corrected chi connectivity index (χ2v) is 6.66. The molecule has 3 N–H and O–H groups in total. The molecule has 6 nitrogen and oxygen atoms in total. The van der Waals surface area contributed by atoms with Crippen LogP contribution in [0, 0.1) is 5.92 Å². The maximum atomic E-state index is 12.3. The van der Waals surface area contributed by atoms with Gasteiger partial charge in [0.25, 0.3) is 5.91 Å². The van der Waals surface area contributed by atoms with E-state index in [1.807, 2.05) is 0 Å². The van der Waals surface area contributed by atoms with E-state index in [0.717, 1.165) is 25.7 Å². The van der Waals surface area contributed by atoms with Gasteiger partial charge in [-0.15, -0.1) is 0 Å². The van der Waals surface area contributed by atoms with Crippen molar-refractivity contribution in [2.45, 2.75) is 32.1 Å². The Bertz CT molecular complexity index is 825. The molecule has 2 amide bonds. The lowest BCUT2D eigenvalue weighted by Crippen LogP contribution is -2.24. The highest BCUT2D eigenvalue weighted by Crippen LogP contribution is 2.25. The Labute approximate surface area is 158 Å². The molecule has 140 valence electrons. The molecule has 0 atom stereocenters. The van der Waals surface area contributed by atoms with Crippen LogP contribution in [-0.2, 0) is 4.79 Å². The van der Waals surface area contributed by atoms with Crippen LogP contribution >= 0.6 is 0 Å². The second-order valence-electron chi connectivity index (χ2n) is 6.66. The topological polar surface area (TPSA) is 90.8 Å². The fraction of sp³-hybridized carbons (Fsp3) is 0.286.